The third-order valence-electron chi connectivity index (χ3n) is 4.84. The van der Waals surface area contributed by atoms with Crippen LogP contribution in [0.3, 0.4) is 0 Å². The van der Waals surface area contributed by atoms with Gasteiger partial charge in [-0.15, -0.1) is 24.8 Å². The van der Waals surface area contributed by atoms with Crippen LogP contribution in [0.2, 0.25) is 0 Å². The predicted octanol–water partition coefficient (Wildman–Crippen LogP) is 1.05. The standard InChI is InChI=1S/C15H30N4O.2ClH/c1-3-17-6-8-18(9-7-17)12-15(20)19-5-4-13(2)10-14(19)11-16;;/h13-14H,3-12,16H2,1-2H3;2*1H. The molecule has 0 aromatic carbocycles. The smallest absolute Gasteiger partial charge is 0.237 e. The van der Waals surface area contributed by atoms with Gasteiger partial charge in [-0.3, -0.25) is 9.69 Å². The van der Waals surface area contributed by atoms with Gasteiger partial charge in [0.1, 0.15) is 0 Å². The van der Waals surface area contributed by atoms with Gasteiger partial charge in [-0.1, -0.05) is 13.8 Å². The molecule has 2 atom stereocenters. The van der Waals surface area contributed by atoms with Crippen LogP contribution < -0.4 is 5.73 Å². The number of likely N-dealkylation sites (N-methyl/N-ethyl adjacent to an activating group) is 1. The number of hydrogen-bond donors (Lipinski definition) is 1. The molecule has 2 unspecified atom stereocenters. The summed E-state index contributed by atoms with van der Waals surface area (Å²) in [6.07, 6.45) is 2.18. The van der Waals surface area contributed by atoms with Gasteiger partial charge >= 0.3 is 0 Å². The average molecular weight is 355 g/mol. The predicted molar refractivity (Wildman–Crippen MR) is 96.0 cm³/mol. The van der Waals surface area contributed by atoms with Gasteiger partial charge in [0.25, 0.3) is 0 Å². The summed E-state index contributed by atoms with van der Waals surface area (Å²) in [5.41, 5.74) is 5.85. The number of hydrogen-bond acceptors (Lipinski definition) is 4. The first-order valence-corrected chi connectivity index (χ1v) is 8.08. The van der Waals surface area contributed by atoms with E-state index in [1.54, 1.807) is 0 Å². The van der Waals surface area contributed by atoms with Gasteiger partial charge in [-0.05, 0) is 25.3 Å². The molecule has 2 heterocycles. The van der Waals surface area contributed by atoms with Crippen LogP contribution in [0.1, 0.15) is 26.7 Å². The monoisotopic (exact) mass is 354 g/mol. The summed E-state index contributed by atoms with van der Waals surface area (Å²) in [6.45, 7) is 11.8. The summed E-state index contributed by atoms with van der Waals surface area (Å²) in [6, 6.07) is 0.253. The number of likely N-dealkylation sites (tertiary alicyclic amines) is 1. The minimum Gasteiger partial charge on any atom is -0.337 e. The zero-order valence-electron chi connectivity index (χ0n) is 13.9. The first kappa shape index (κ1) is 21.9. The number of nitrogens with two attached hydrogens (primary N) is 1. The van der Waals surface area contributed by atoms with Crippen LogP contribution in [-0.2, 0) is 4.79 Å². The third-order valence-corrected chi connectivity index (χ3v) is 4.84. The van der Waals surface area contributed by atoms with E-state index < -0.39 is 0 Å². The van der Waals surface area contributed by atoms with Gasteiger partial charge in [0, 0.05) is 45.3 Å². The molecule has 0 aliphatic carbocycles. The van der Waals surface area contributed by atoms with Crippen molar-refractivity contribution >= 4 is 30.7 Å². The fraction of sp³-hybridized carbons (Fsp3) is 0.933. The first-order valence-electron chi connectivity index (χ1n) is 8.08. The van der Waals surface area contributed by atoms with Crippen molar-refractivity contribution in [3.63, 3.8) is 0 Å². The Kier molecular flexibility index (Phi) is 10.6. The minimum absolute atomic E-state index is 0. The second kappa shape index (κ2) is 10.7. The lowest BCUT2D eigenvalue weighted by molar-refractivity contribution is -0.137. The second-order valence-electron chi connectivity index (χ2n) is 6.32. The van der Waals surface area contributed by atoms with Gasteiger partial charge in [-0.25, -0.2) is 0 Å². The number of amides is 1. The number of piperazine rings is 1. The quantitative estimate of drug-likeness (QED) is 0.819. The van der Waals surface area contributed by atoms with E-state index in [4.69, 9.17) is 5.73 Å². The Morgan fingerprint density at radius 2 is 1.68 bits per heavy atom. The molecule has 7 heteroatoms. The normalized spacial score (nSPS) is 27.0. The SMILES string of the molecule is CCN1CCN(CC(=O)N2CCC(C)CC2CN)CC1.Cl.Cl. The lowest BCUT2D eigenvalue weighted by Gasteiger charge is -2.40. The Balaban J connectivity index is 0.00000220. The summed E-state index contributed by atoms with van der Waals surface area (Å²) < 4.78 is 0. The fourth-order valence-electron chi connectivity index (χ4n) is 3.35. The largest absolute Gasteiger partial charge is 0.337 e. The van der Waals surface area contributed by atoms with Crippen LogP contribution in [0, 0.1) is 5.92 Å². The Morgan fingerprint density at radius 3 is 2.23 bits per heavy atom. The Labute approximate surface area is 147 Å². The lowest BCUT2D eigenvalue weighted by Crippen LogP contribution is -2.54. The topological polar surface area (TPSA) is 52.8 Å². The summed E-state index contributed by atoms with van der Waals surface area (Å²) in [4.78, 5) is 19.3. The summed E-state index contributed by atoms with van der Waals surface area (Å²) >= 11 is 0. The molecule has 2 fully saturated rings. The maximum atomic E-state index is 12.5. The maximum absolute atomic E-state index is 12.5. The van der Waals surface area contributed by atoms with Crippen molar-refractivity contribution in [2.24, 2.45) is 11.7 Å². The summed E-state index contributed by atoms with van der Waals surface area (Å²) in [5.74, 6) is 0.970. The molecule has 0 radical (unpaired) electrons. The van der Waals surface area contributed by atoms with E-state index in [0.29, 0.717) is 19.0 Å². The molecule has 0 aromatic heterocycles. The minimum atomic E-state index is 0. The molecule has 0 saturated carbocycles. The molecule has 2 aliphatic heterocycles. The van der Waals surface area contributed by atoms with Gasteiger partial charge in [0.05, 0.1) is 6.54 Å². The van der Waals surface area contributed by atoms with Gasteiger partial charge in [0.2, 0.25) is 5.91 Å². The number of halogens is 2. The Hall–Kier alpha value is -0.0700. The second-order valence-corrected chi connectivity index (χ2v) is 6.32. The van der Waals surface area contributed by atoms with E-state index in [1.807, 2.05) is 4.90 Å². The molecular formula is C15H32Cl2N4O. The van der Waals surface area contributed by atoms with Crippen LogP contribution in [0.25, 0.3) is 0 Å². The van der Waals surface area contributed by atoms with E-state index in [2.05, 4.69) is 23.6 Å². The van der Waals surface area contributed by atoms with Crippen molar-refractivity contribution in [1.82, 2.24) is 14.7 Å². The molecular weight excluding hydrogens is 323 g/mol. The maximum Gasteiger partial charge on any atom is 0.237 e. The molecule has 2 rings (SSSR count). The van der Waals surface area contributed by atoms with Gasteiger partial charge in [0.15, 0.2) is 0 Å². The number of carbonyl (C=O) groups is 1. The molecule has 132 valence electrons. The molecule has 2 saturated heterocycles. The van der Waals surface area contributed by atoms with Crippen molar-refractivity contribution in [3.8, 4) is 0 Å². The highest BCUT2D eigenvalue weighted by molar-refractivity contribution is 5.85. The number of rotatable bonds is 4. The third kappa shape index (κ3) is 5.85. The van der Waals surface area contributed by atoms with E-state index in [0.717, 1.165) is 52.1 Å². The molecule has 0 spiro atoms. The zero-order chi connectivity index (χ0) is 14.5. The summed E-state index contributed by atoms with van der Waals surface area (Å²) in [7, 11) is 0. The van der Waals surface area contributed by atoms with E-state index in [-0.39, 0.29) is 36.8 Å². The molecule has 22 heavy (non-hydrogen) atoms. The molecule has 2 aliphatic rings. The summed E-state index contributed by atoms with van der Waals surface area (Å²) in [5, 5.41) is 0. The molecule has 5 nitrogen and oxygen atoms in total. The van der Waals surface area contributed by atoms with Crippen molar-refractivity contribution in [1.29, 1.82) is 0 Å². The van der Waals surface area contributed by atoms with Crippen molar-refractivity contribution in [2.45, 2.75) is 32.7 Å². The highest BCUT2D eigenvalue weighted by Gasteiger charge is 2.30. The average Bonchev–Trinajstić information content (AvgIpc) is 2.47. The lowest BCUT2D eigenvalue weighted by atomic mass is 9.92. The Morgan fingerprint density at radius 1 is 1.09 bits per heavy atom. The Bertz CT molecular complexity index is 325. The van der Waals surface area contributed by atoms with Crippen LogP contribution in [-0.4, -0.2) is 79.0 Å². The van der Waals surface area contributed by atoms with Gasteiger partial charge in [-0.2, -0.15) is 0 Å². The highest BCUT2D eigenvalue weighted by atomic mass is 35.5. The van der Waals surface area contributed by atoms with Crippen molar-refractivity contribution in [2.75, 3.05) is 52.4 Å². The molecule has 0 aromatic rings. The van der Waals surface area contributed by atoms with Crippen LogP contribution in [0.15, 0.2) is 0 Å². The molecule has 1 amide bonds. The van der Waals surface area contributed by atoms with Crippen LogP contribution in [0.5, 0.6) is 0 Å². The zero-order valence-corrected chi connectivity index (χ0v) is 15.5. The highest BCUT2D eigenvalue weighted by Crippen LogP contribution is 2.22. The number of carbonyl (C=O) groups excluding carboxylic acids is 1. The van der Waals surface area contributed by atoms with Crippen molar-refractivity contribution in [3.05, 3.63) is 0 Å². The number of nitrogens with zero attached hydrogens (tertiary/aromatic N) is 3. The molecule has 0 bridgehead atoms. The molecule has 2 N–H and O–H groups in total. The van der Waals surface area contributed by atoms with E-state index in [1.165, 1.54) is 0 Å². The number of piperidine rings is 1. The van der Waals surface area contributed by atoms with Gasteiger partial charge < -0.3 is 15.5 Å². The fourth-order valence-corrected chi connectivity index (χ4v) is 3.35. The van der Waals surface area contributed by atoms with Crippen molar-refractivity contribution < 1.29 is 4.79 Å². The van der Waals surface area contributed by atoms with Crippen LogP contribution in [0.4, 0.5) is 0 Å². The van der Waals surface area contributed by atoms with E-state index in [9.17, 15) is 4.79 Å². The van der Waals surface area contributed by atoms with Crippen LogP contribution >= 0.6 is 24.8 Å². The van der Waals surface area contributed by atoms with E-state index >= 15 is 0 Å². The first-order chi connectivity index (χ1) is 9.63.